The summed E-state index contributed by atoms with van der Waals surface area (Å²) < 4.78 is 0. The zero-order valence-corrected chi connectivity index (χ0v) is 13.8. The molecule has 1 aromatic carbocycles. The average molecular weight is 292 g/mol. The molecule has 3 heteroatoms. The quantitative estimate of drug-likeness (QED) is 0.808. The number of piperazine rings is 1. The smallest absolute Gasteiger partial charge is 0.0244 e. The molecule has 0 radical (unpaired) electrons. The van der Waals surface area contributed by atoms with E-state index < -0.39 is 0 Å². The van der Waals surface area contributed by atoms with Crippen molar-refractivity contribution in [3.8, 4) is 0 Å². The van der Waals surface area contributed by atoms with Gasteiger partial charge in [-0.05, 0) is 24.5 Å². The molecule has 1 aliphatic heterocycles. The van der Waals surface area contributed by atoms with Gasteiger partial charge in [0.25, 0.3) is 0 Å². The van der Waals surface area contributed by atoms with E-state index in [0.717, 1.165) is 12.5 Å². The molecular weight excluding hydrogens is 264 g/mol. The molecule has 1 aliphatic rings. The highest BCUT2D eigenvalue weighted by molar-refractivity contribution is 7.99. The minimum Gasteiger partial charge on any atom is -0.311 e. The molecule has 2 rings (SSSR count). The Hall–Kier alpha value is -0.510. The number of rotatable bonds is 6. The zero-order valence-electron chi connectivity index (χ0n) is 13.0. The van der Waals surface area contributed by atoms with Crippen molar-refractivity contribution in [3.05, 3.63) is 30.3 Å². The first kappa shape index (κ1) is 15.9. The van der Waals surface area contributed by atoms with Crippen molar-refractivity contribution in [1.82, 2.24) is 10.2 Å². The van der Waals surface area contributed by atoms with E-state index in [1.807, 2.05) is 11.8 Å². The maximum atomic E-state index is 3.69. The number of nitrogens with one attached hydrogen (secondary N) is 1. The highest BCUT2D eigenvalue weighted by Gasteiger charge is 2.28. The Morgan fingerprint density at radius 2 is 2.05 bits per heavy atom. The molecule has 1 saturated heterocycles. The third-order valence-electron chi connectivity index (χ3n) is 4.19. The number of benzene rings is 1. The van der Waals surface area contributed by atoms with Crippen LogP contribution in [0.4, 0.5) is 0 Å². The number of hydrogen-bond acceptors (Lipinski definition) is 3. The summed E-state index contributed by atoms with van der Waals surface area (Å²) in [6.45, 7) is 10.5. The lowest BCUT2D eigenvalue weighted by Gasteiger charge is -2.42. The summed E-state index contributed by atoms with van der Waals surface area (Å²) >= 11 is 1.97. The fourth-order valence-corrected chi connectivity index (χ4v) is 3.80. The van der Waals surface area contributed by atoms with Gasteiger partial charge in [-0.3, -0.25) is 4.90 Å². The molecule has 0 aliphatic carbocycles. The van der Waals surface area contributed by atoms with Crippen molar-refractivity contribution in [2.45, 2.75) is 44.2 Å². The number of nitrogens with zero attached hydrogens (tertiary/aromatic N) is 1. The van der Waals surface area contributed by atoms with Crippen LogP contribution in [0.15, 0.2) is 35.2 Å². The van der Waals surface area contributed by atoms with E-state index in [-0.39, 0.29) is 0 Å². The molecule has 2 unspecified atom stereocenters. The van der Waals surface area contributed by atoms with E-state index in [2.05, 4.69) is 61.3 Å². The Bertz CT molecular complexity index is 380. The molecule has 112 valence electrons. The van der Waals surface area contributed by atoms with Crippen molar-refractivity contribution in [2.24, 2.45) is 5.92 Å². The highest BCUT2D eigenvalue weighted by Crippen LogP contribution is 2.20. The largest absolute Gasteiger partial charge is 0.311 e. The topological polar surface area (TPSA) is 15.3 Å². The van der Waals surface area contributed by atoms with Gasteiger partial charge in [0, 0.05) is 42.4 Å². The second kappa shape index (κ2) is 8.06. The van der Waals surface area contributed by atoms with Crippen LogP contribution in [-0.4, -0.2) is 42.4 Å². The third kappa shape index (κ3) is 4.51. The second-order valence-corrected chi connectivity index (χ2v) is 7.15. The van der Waals surface area contributed by atoms with Crippen molar-refractivity contribution in [3.63, 3.8) is 0 Å². The van der Waals surface area contributed by atoms with Gasteiger partial charge in [-0.2, -0.15) is 0 Å². The van der Waals surface area contributed by atoms with E-state index in [0.29, 0.717) is 12.1 Å². The standard InChI is InChI=1S/C17H28N2S/c1-4-15-13-19(17(12-18-15)14(2)3)10-11-20-16-8-6-5-7-9-16/h5-9,14-15,17-18H,4,10-13H2,1-3H3. The van der Waals surface area contributed by atoms with Gasteiger partial charge in [-0.25, -0.2) is 0 Å². The Balaban J connectivity index is 1.84. The average Bonchev–Trinajstić information content (AvgIpc) is 2.48. The molecule has 0 amide bonds. The van der Waals surface area contributed by atoms with Crippen molar-refractivity contribution >= 4 is 11.8 Å². The van der Waals surface area contributed by atoms with Crippen molar-refractivity contribution in [1.29, 1.82) is 0 Å². The van der Waals surface area contributed by atoms with Crippen LogP contribution in [0.1, 0.15) is 27.2 Å². The summed E-state index contributed by atoms with van der Waals surface area (Å²) in [4.78, 5) is 4.08. The van der Waals surface area contributed by atoms with E-state index >= 15 is 0 Å². The zero-order chi connectivity index (χ0) is 14.4. The lowest BCUT2D eigenvalue weighted by atomic mass is 9.98. The molecule has 0 bridgehead atoms. The summed E-state index contributed by atoms with van der Waals surface area (Å²) in [5.74, 6) is 1.91. The molecule has 1 N–H and O–H groups in total. The third-order valence-corrected chi connectivity index (χ3v) is 5.18. The molecule has 2 nitrogen and oxygen atoms in total. The van der Waals surface area contributed by atoms with E-state index in [1.165, 1.54) is 30.2 Å². The number of thioether (sulfide) groups is 1. The fraction of sp³-hybridized carbons (Fsp3) is 0.647. The molecule has 1 fully saturated rings. The molecule has 0 spiro atoms. The van der Waals surface area contributed by atoms with Crippen molar-refractivity contribution < 1.29 is 0 Å². The van der Waals surface area contributed by atoms with Crippen LogP contribution in [0.3, 0.4) is 0 Å². The van der Waals surface area contributed by atoms with Gasteiger partial charge in [0.05, 0.1) is 0 Å². The lowest BCUT2D eigenvalue weighted by Crippen LogP contribution is -2.58. The normalized spacial score (nSPS) is 24.2. The summed E-state index contributed by atoms with van der Waals surface area (Å²) in [6.07, 6.45) is 1.23. The summed E-state index contributed by atoms with van der Waals surface area (Å²) in [5.41, 5.74) is 0. The lowest BCUT2D eigenvalue weighted by molar-refractivity contribution is 0.104. The maximum absolute atomic E-state index is 3.69. The van der Waals surface area contributed by atoms with E-state index in [4.69, 9.17) is 0 Å². The SMILES string of the molecule is CCC1CN(CCSc2ccccc2)C(C(C)C)CN1. The van der Waals surface area contributed by atoms with Crippen LogP contribution < -0.4 is 5.32 Å². The van der Waals surface area contributed by atoms with Crippen LogP contribution in [0.2, 0.25) is 0 Å². The maximum Gasteiger partial charge on any atom is 0.0244 e. The summed E-state index contributed by atoms with van der Waals surface area (Å²) in [7, 11) is 0. The number of hydrogen-bond donors (Lipinski definition) is 1. The monoisotopic (exact) mass is 292 g/mol. The van der Waals surface area contributed by atoms with Gasteiger partial charge >= 0.3 is 0 Å². The fourth-order valence-electron chi connectivity index (χ4n) is 2.88. The summed E-state index contributed by atoms with van der Waals surface area (Å²) in [6, 6.07) is 12.1. The molecule has 0 saturated carbocycles. The molecule has 1 aromatic rings. The minimum absolute atomic E-state index is 0.673. The van der Waals surface area contributed by atoms with Crippen LogP contribution in [0.25, 0.3) is 0 Å². The van der Waals surface area contributed by atoms with Gasteiger partial charge in [0.15, 0.2) is 0 Å². The molecular formula is C17H28N2S. The van der Waals surface area contributed by atoms with Gasteiger partial charge in [0.1, 0.15) is 0 Å². The Morgan fingerprint density at radius 1 is 1.30 bits per heavy atom. The molecule has 20 heavy (non-hydrogen) atoms. The predicted molar refractivity (Wildman–Crippen MR) is 89.4 cm³/mol. The van der Waals surface area contributed by atoms with E-state index in [9.17, 15) is 0 Å². The van der Waals surface area contributed by atoms with Crippen LogP contribution in [0.5, 0.6) is 0 Å². The molecule has 1 heterocycles. The van der Waals surface area contributed by atoms with Crippen LogP contribution in [-0.2, 0) is 0 Å². The first-order valence-electron chi connectivity index (χ1n) is 7.86. The van der Waals surface area contributed by atoms with Gasteiger partial charge in [0.2, 0.25) is 0 Å². The first-order chi connectivity index (χ1) is 9.70. The first-order valence-corrected chi connectivity index (χ1v) is 8.84. The minimum atomic E-state index is 0.673. The Labute approximate surface area is 128 Å². The Morgan fingerprint density at radius 3 is 2.70 bits per heavy atom. The predicted octanol–water partition coefficient (Wildman–Crippen LogP) is 3.49. The van der Waals surface area contributed by atoms with Gasteiger partial charge in [-0.15, -0.1) is 11.8 Å². The van der Waals surface area contributed by atoms with E-state index in [1.54, 1.807) is 0 Å². The van der Waals surface area contributed by atoms with Crippen LogP contribution in [0, 0.1) is 5.92 Å². The van der Waals surface area contributed by atoms with Gasteiger partial charge < -0.3 is 5.32 Å². The van der Waals surface area contributed by atoms with Gasteiger partial charge in [-0.1, -0.05) is 39.0 Å². The van der Waals surface area contributed by atoms with Crippen LogP contribution >= 0.6 is 11.8 Å². The highest BCUT2D eigenvalue weighted by atomic mass is 32.2. The summed E-state index contributed by atoms with van der Waals surface area (Å²) in [5, 5.41) is 3.69. The second-order valence-electron chi connectivity index (χ2n) is 5.98. The molecule has 2 atom stereocenters. The Kier molecular flexibility index (Phi) is 6.40. The molecule has 0 aromatic heterocycles. The van der Waals surface area contributed by atoms with Crippen molar-refractivity contribution in [2.75, 3.05) is 25.4 Å².